The Morgan fingerprint density at radius 2 is 2.23 bits per heavy atom. The summed E-state index contributed by atoms with van der Waals surface area (Å²) in [5.74, 6) is 0. The molecule has 1 N–H and O–H groups in total. The van der Waals surface area contributed by atoms with E-state index >= 15 is 0 Å². The molecule has 0 radical (unpaired) electrons. The third-order valence-electron chi connectivity index (χ3n) is 3.46. The molecule has 8 heteroatoms. The van der Waals surface area contributed by atoms with Crippen molar-refractivity contribution in [3.8, 4) is 0 Å². The minimum absolute atomic E-state index is 0.122. The van der Waals surface area contributed by atoms with E-state index in [9.17, 15) is 14.9 Å². The van der Waals surface area contributed by atoms with Crippen molar-refractivity contribution in [2.24, 2.45) is 0 Å². The van der Waals surface area contributed by atoms with Gasteiger partial charge in [-0.25, -0.2) is 4.79 Å². The predicted molar refractivity (Wildman–Crippen MR) is 85.2 cm³/mol. The minimum atomic E-state index is -0.616. The van der Waals surface area contributed by atoms with Crippen LogP contribution >= 0.6 is 11.9 Å². The van der Waals surface area contributed by atoms with Crippen molar-refractivity contribution < 1.29 is 14.5 Å². The highest BCUT2D eigenvalue weighted by atomic mass is 32.2. The first-order valence-electron chi connectivity index (χ1n) is 6.99. The zero-order chi connectivity index (χ0) is 16.3. The molecule has 1 aliphatic rings. The van der Waals surface area contributed by atoms with Crippen LogP contribution < -0.4 is 9.62 Å². The molecule has 0 saturated heterocycles. The molecular weight excluding hydrogens is 306 g/mol. The summed E-state index contributed by atoms with van der Waals surface area (Å²) in [5, 5.41) is 11.3. The Kier molecular flexibility index (Phi) is 4.92. The number of ether oxygens (including phenoxy) is 1. The molecule has 0 unspecified atom stereocenters. The SMILES string of the molecule is CCOC(=O)N(C)c1ccc(SNC2(C)CC2)cc1[N+](=O)[O-]. The average Bonchev–Trinajstić information content (AvgIpc) is 3.22. The second-order valence-electron chi connectivity index (χ2n) is 5.43. The highest BCUT2D eigenvalue weighted by Gasteiger charge is 2.37. The molecule has 0 spiro atoms. The molecule has 0 bridgehead atoms. The van der Waals surface area contributed by atoms with Crippen LogP contribution in [0.4, 0.5) is 16.2 Å². The second kappa shape index (κ2) is 6.53. The highest BCUT2D eigenvalue weighted by Crippen LogP contribution is 2.39. The van der Waals surface area contributed by atoms with Crippen LogP contribution in [-0.4, -0.2) is 30.2 Å². The van der Waals surface area contributed by atoms with E-state index < -0.39 is 11.0 Å². The van der Waals surface area contributed by atoms with E-state index in [1.54, 1.807) is 19.1 Å². The number of hydrogen-bond acceptors (Lipinski definition) is 6. The smallest absolute Gasteiger partial charge is 0.414 e. The van der Waals surface area contributed by atoms with Gasteiger partial charge in [-0.2, -0.15) is 0 Å². The third-order valence-corrected chi connectivity index (χ3v) is 4.55. The number of carbonyl (C=O) groups excluding carboxylic acids is 1. The number of hydrogen-bond donors (Lipinski definition) is 1. The Labute approximate surface area is 133 Å². The summed E-state index contributed by atoms with van der Waals surface area (Å²) in [7, 11) is 1.45. The molecule has 1 saturated carbocycles. The van der Waals surface area contributed by atoms with Crippen LogP contribution in [-0.2, 0) is 4.74 Å². The number of nitro groups is 1. The van der Waals surface area contributed by atoms with Gasteiger partial charge in [0.25, 0.3) is 5.69 Å². The van der Waals surface area contributed by atoms with Crippen molar-refractivity contribution >= 4 is 29.4 Å². The number of carbonyl (C=O) groups is 1. The monoisotopic (exact) mass is 325 g/mol. The summed E-state index contributed by atoms with van der Waals surface area (Å²) in [6.07, 6.45) is 1.59. The van der Waals surface area contributed by atoms with Crippen LogP contribution in [0.5, 0.6) is 0 Å². The predicted octanol–water partition coefficient (Wildman–Crippen LogP) is 3.34. The van der Waals surface area contributed by atoms with E-state index in [-0.39, 0.29) is 23.5 Å². The molecule has 0 aliphatic heterocycles. The van der Waals surface area contributed by atoms with Crippen molar-refractivity contribution in [3.63, 3.8) is 0 Å². The van der Waals surface area contributed by atoms with Crippen LogP contribution in [0.1, 0.15) is 26.7 Å². The lowest BCUT2D eigenvalue weighted by Crippen LogP contribution is -2.27. The Balaban J connectivity index is 2.19. The van der Waals surface area contributed by atoms with Gasteiger partial charge in [0.1, 0.15) is 5.69 Å². The average molecular weight is 325 g/mol. The fraction of sp³-hybridized carbons (Fsp3) is 0.500. The minimum Gasteiger partial charge on any atom is -0.449 e. The molecule has 1 fully saturated rings. The Hall–Kier alpha value is -1.80. The fourth-order valence-electron chi connectivity index (χ4n) is 1.79. The summed E-state index contributed by atoms with van der Waals surface area (Å²) in [5.41, 5.74) is 0.216. The lowest BCUT2D eigenvalue weighted by Gasteiger charge is -2.17. The molecule has 0 aromatic heterocycles. The molecule has 1 aromatic carbocycles. The summed E-state index contributed by atoms with van der Waals surface area (Å²) in [6, 6.07) is 4.78. The third kappa shape index (κ3) is 3.89. The van der Waals surface area contributed by atoms with Gasteiger partial charge in [0.15, 0.2) is 0 Å². The van der Waals surface area contributed by atoms with Crippen molar-refractivity contribution in [2.75, 3.05) is 18.6 Å². The molecule has 7 nitrogen and oxygen atoms in total. The maximum absolute atomic E-state index is 11.7. The molecule has 22 heavy (non-hydrogen) atoms. The van der Waals surface area contributed by atoms with E-state index in [1.807, 2.05) is 0 Å². The van der Waals surface area contributed by atoms with Crippen molar-refractivity contribution in [1.29, 1.82) is 0 Å². The highest BCUT2D eigenvalue weighted by molar-refractivity contribution is 7.97. The van der Waals surface area contributed by atoms with Crippen LogP contribution in [0.2, 0.25) is 0 Å². The van der Waals surface area contributed by atoms with E-state index in [1.165, 1.54) is 25.1 Å². The molecule has 2 rings (SSSR count). The summed E-state index contributed by atoms with van der Waals surface area (Å²) in [4.78, 5) is 24.4. The van der Waals surface area contributed by atoms with Gasteiger partial charge >= 0.3 is 6.09 Å². The number of nitrogens with one attached hydrogen (secondary N) is 1. The van der Waals surface area contributed by atoms with E-state index in [0.29, 0.717) is 0 Å². The number of benzene rings is 1. The number of nitro benzene ring substituents is 1. The van der Waals surface area contributed by atoms with Gasteiger partial charge in [0, 0.05) is 23.5 Å². The maximum Gasteiger partial charge on any atom is 0.414 e. The van der Waals surface area contributed by atoms with Crippen LogP contribution in [0.25, 0.3) is 0 Å². The van der Waals surface area contributed by atoms with Gasteiger partial charge in [0.2, 0.25) is 0 Å². The van der Waals surface area contributed by atoms with Gasteiger partial charge in [-0.05, 0) is 50.8 Å². The number of rotatable bonds is 6. The van der Waals surface area contributed by atoms with Gasteiger partial charge in [-0.1, -0.05) is 0 Å². The van der Waals surface area contributed by atoms with E-state index in [4.69, 9.17) is 4.74 Å². The van der Waals surface area contributed by atoms with Gasteiger partial charge < -0.3 is 4.74 Å². The molecule has 0 heterocycles. The van der Waals surface area contributed by atoms with Gasteiger partial charge in [0.05, 0.1) is 11.5 Å². The fourth-order valence-corrected chi connectivity index (χ4v) is 2.66. The zero-order valence-corrected chi connectivity index (χ0v) is 13.6. The van der Waals surface area contributed by atoms with Crippen molar-refractivity contribution in [3.05, 3.63) is 28.3 Å². The Morgan fingerprint density at radius 3 is 2.77 bits per heavy atom. The molecule has 1 aliphatic carbocycles. The van der Waals surface area contributed by atoms with Gasteiger partial charge in [-0.3, -0.25) is 19.7 Å². The summed E-state index contributed by atoms with van der Waals surface area (Å²) in [6.45, 7) is 4.01. The van der Waals surface area contributed by atoms with Crippen LogP contribution in [0.15, 0.2) is 23.1 Å². The van der Waals surface area contributed by atoms with Gasteiger partial charge in [-0.15, -0.1) is 0 Å². The number of nitrogens with zero attached hydrogens (tertiary/aromatic N) is 2. The molecule has 1 amide bonds. The first-order chi connectivity index (χ1) is 10.4. The van der Waals surface area contributed by atoms with E-state index in [0.717, 1.165) is 22.6 Å². The first-order valence-corrected chi connectivity index (χ1v) is 7.81. The molecule has 120 valence electrons. The summed E-state index contributed by atoms with van der Waals surface area (Å²) < 4.78 is 8.17. The standard InChI is InChI=1S/C14H19N3O4S/c1-4-21-13(18)16(3)11-6-5-10(9-12(11)17(19)20)22-15-14(2)7-8-14/h5-6,9,15H,4,7-8H2,1-3H3. The quantitative estimate of drug-likeness (QED) is 0.490. The molecular formula is C14H19N3O4S. The van der Waals surface area contributed by atoms with Crippen LogP contribution in [0, 0.1) is 10.1 Å². The largest absolute Gasteiger partial charge is 0.449 e. The lowest BCUT2D eigenvalue weighted by atomic mass is 10.2. The summed E-state index contributed by atoms with van der Waals surface area (Å²) >= 11 is 1.37. The van der Waals surface area contributed by atoms with E-state index in [2.05, 4.69) is 11.6 Å². The number of amides is 1. The van der Waals surface area contributed by atoms with Crippen molar-refractivity contribution in [2.45, 2.75) is 37.1 Å². The maximum atomic E-state index is 11.7. The topological polar surface area (TPSA) is 84.7 Å². The first kappa shape index (κ1) is 16.6. The second-order valence-corrected chi connectivity index (χ2v) is 6.31. The Morgan fingerprint density at radius 1 is 1.55 bits per heavy atom. The van der Waals surface area contributed by atoms with Crippen molar-refractivity contribution in [1.82, 2.24) is 4.72 Å². The number of anilines is 1. The molecule has 1 aromatic rings. The normalized spacial score (nSPS) is 15.2. The molecule has 0 atom stereocenters. The van der Waals surface area contributed by atoms with Crippen LogP contribution in [0.3, 0.4) is 0 Å². The lowest BCUT2D eigenvalue weighted by molar-refractivity contribution is -0.384. The zero-order valence-electron chi connectivity index (χ0n) is 12.8. The Bertz CT molecular complexity index is 589.